The number of pyridine rings is 1. The van der Waals surface area contributed by atoms with Crippen LogP contribution in [0.15, 0.2) is 54.6 Å². The Balaban J connectivity index is 1.22. The molecule has 1 aliphatic heterocycles. The third-order valence-corrected chi connectivity index (χ3v) is 7.24. The van der Waals surface area contributed by atoms with Crippen LogP contribution in [0.25, 0.3) is 16.6 Å². The van der Waals surface area contributed by atoms with Crippen LogP contribution in [-0.2, 0) is 17.9 Å². The number of rotatable bonds is 7. The van der Waals surface area contributed by atoms with E-state index in [1.54, 1.807) is 7.11 Å². The van der Waals surface area contributed by atoms with Crippen molar-refractivity contribution in [2.45, 2.75) is 45.3 Å². The molecule has 0 radical (unpaired) electrons. The van der Waals surface area contributed by atoms with Crippen molar-refractivity contribution in [1.29, 1.82) is 0 Å². The first-order valence-electron chi connectivity index (χ1n) is 12.1. The Morgan fingerprint density at radius 1 is 1.14 bits per heavy atom. The van der Waals surface area contributed by atoms with Crippen LogP contribution in [-0.4, -0.2) is 51.2 Å². The van der Waals surface area contributed by atoms with E-state index in [4.69, 9.17) is 22.1 Å². The molecule has 8 heteroatoms. The summed E-state index contributed by atoms with van der Waals surface area (Å²) in [5, 5.41) is 9.17. The summed E-state index contributed by atoms with van der Waals surface area (Å²) in [6.45, 7) is 4.52. The predicted octanol–water partition coefficient (Wildman–Crippen LogP) is 4.51. The highest BCUT2D eigenvalue weighted by molar-refractivity contribution is 7.71. The average molecular weight is 490 g/mol. The van der Waals surface area contributed by atoms with Gasteiger partial charge in [-0.1, -0.05) is 30.3 Å². The summed E-state index contributed by atoms with van der Waals surface area (Å²) in [6, 6.07) is 18.5. The summed E-state index contributed by atoms with van der Waals surface area (Å²) >= 11 is 5.83. The van der Waals surface area contributed by atoms with E-state index >= 15 is 0 Å². The van der Waals surface area contributed by atoms with Crippen molar-refractivity contribution >= 4 is 34.7 Å². The molecule has 0 atom stereocenters. The molecule has 2 aromatic heterocycles. The molecule has 7 nitrogen and oxygen atoms in total. The Hall–Kier alpha value is -3.23. The highest BCUT2D eigenvalue weighted by Gasteiger charge is 2.22. The fourth-order valence-electron chi connectivity index (χ4n) is 4.88. The lowest BCUT2D eigenvalue weighted by Gasteiger charge is -2.32. The third kappa shape index (κ3) is 5.09. The van der Waals surface area contributed by atoms with E-state index in [0.29, 0.717) is 17.9 Å². The van der Waals surface area contributed by atoms with Gasteiger partial charge in [0.2, 0.25) is 10.7 Å². The number of carbonyl (C=O) groups is 1. The van der Waals surface area contributed by atoms with Gasteiger partial charge in [-0.25, -0.2) is 4.68 Å². The number of aryl methyl sites for hydroxylation is 2. The number of benzene rings is 2. The number of hydrogen-bond donors (Lipinski definition) is 1. The van der Waals surface area contributed by atoms with Gasteiger partial charge in [-0.3, -0.25) is 14.1 Å². The fourth-order valence-corrected chi connectivity index (χ4v) is 5.17. The molecule has 2 aromatic carbocycles. The van der Waals surface area contributed by atoms with Crippen molar-refractivity contribution < 1.29 is 9.53 Å². The molecule has 4 aromatic rings. The SMILES string of the molecule is COc1ccc2c(C)cc3nn(CN4CCC(NC(=O)CCc5ccccc5)CC4)c(=S)n3c2c1. The molecule has 1 amide bonds. The molecule has 0 unspecified atom stereocenters. The Kier molecular flexibility index (Phi) is 6.83. The number of ether oxygens (including phenoxy) is 1. The van der Waals surface area contributed by atoms with E-state index in [2.05, 4.69) is 41.4 Å². The van der Waals surface area contributed by atoms with Crippen LogP contribution in [0.3, 0.4) is 0 Å². The Labute approximate surface area is 210 Å². The van der Waals surface area contributed by atoms with Crippen LogP contribution in [0.2, 0.25) is 0 Å². The van der Waals surface area contributed by atoms with Crippen molar-refractivity contribution in [2.24, 2.45) is 0 Å². The molecule has 35 heavy (non-hydrogen) atoms. The van der Waals surface area contributed by atoms with Crippen molar-refractivity contribution in [3.05, 3.63) is 70.5 Å². The molecule has 0 aliphatic carbocycles. The first-order valence-corrected chi connectivity index (χ1v) is 12.6. The number of fused-ring (bicyclic) bond motifs is 3. The van der Waals surface area contributed by atoms with Gasteiger partial charge in [0, 0.05) is 37.0 Å². The van der Waals surface area contributed by atoms with E-state index in [9.17, 15) is 4.79 Å². The van der Waals surface area contributed by atoms with Crippen LogP contribution in [0.1, 0.15) is 30.4 Å². The van der Waals surface area contributed by atoms with Crippen LogP contribution < -0.4 is 10.1 Å². The summed E-state index contributed by atoms with van der Waals surface area (Å²) in [7, 11) is 1.67. The van der Waals surface area contributed by atoms with E-state index in [0.717, 1.165) is 60.2 Å². The maximum atomic E-state index is 12.4. The Morgan fingerprint density at radius 2 is 1.91 bits per heavy atom. The second-order valence-corrected chi connectivity index (χ2v) is 9.64. The van der Waals surface area contributed by atoms with Gasteiger partial charge in [0.25, 0.3) is 0 Å². The Morgan fingerprint density at radius 3 is 2.66 bits per heavy atom. The minimum Gasteiger partial charge on any atom is -0.497 e. The lowest BCUT2D eigenvalue weighted by Crippen LogP contribution is -2.45. The molecule has 1 aliphatic rings. The van der Waals surface area contributed by atoms with Crippen molar-refractivity contribution in [2.75, 3.05) is 20.2 Å². The van der Waals surface area contributed by atoms with Gasteiger partial charge in [0.05, 0.1) is 19.3 Å². The van der Waals surface area contributed by atoms with Crippen LogP contribution in [0.4, 0.5) is 0 Å². The number of carbonyl (C=O) groups excluding carboxylic acids is 1. The number of methoxy groups -OCH3 is 1. The van der Waals surface area contributed by atoms with E-state index in [-0.39, 0.29) is 11.9 Å². The summed E-state index contributed by atoms with van der Waals surface area (Å²) < 4.78 is 10.0. The van der Waals surface area contributed by atoms with Crippen molar-refractivity contribution in [3.8, 4) is 5.75 Å². The van der Waals surface area contributed by atoms with E-state index < -0.39 is 0 Å². The highest BCUT2D eigenvalue weighted by atomic mass is 32.1. The molecular formula is C27H31N5O2S. The number of likely N-dealkylation sites (tertiary alicyclic amines) is 1. The lowest BCUT2D eigenvalue weighted by atomic mass is 10.0. The quantitative estimate of drug-likeness (QED) is 0.387. The van der Waals surface area contributed by atoms with E-state index in [1.807, 2.05) is 39.4 Å². The van der Waals surface area contributed by atoms with Gasteiger partial charge >= 0.3 is 0 Å². The number of piperidine rings is 1. The maximum Gasteiger partial charge on any atom is 0.220 e. The largest absolute Gasteiger partial charge is 0.497 e. The minimum absolute atomic E-state index is 0.132. The zero-order valence-corrected chi connectivity index (χ0v) is 21.1. The van der Waals surface area contributed by atoms with Gasteiger partial charge < -0.3 is 10.1 Å². The number of nitrogens with zero attached hydrogens (tertiary/aromatic N) is 4. The smallest absolute Gasteiger partial charge is 0.220 e. The molecule has 0 spiro atoms. The molecule has 0 bridgehead atoms. The van der Waals surface area contributed by atoms with Gasteiger partial charge in [0.15, 0.2) is 5.65 Å². The predicted molar refractivity (Wildman–Crippen MR) is 140 cm³/mol. The second-order valence-electron chi connectivity index (χ2n) is 9.27. The number of amides is 1. The normalized spacial score (nSPS) is 15.0. The topological polar surface area (TPSA) is 63.8 Å². The van der Waals surface area contributed by atoms with Crippen LogP contribution in [0, 0.1) is 11.7 Å². The van der Waals surface area contributed by atoms with Crippen LogP contribution >= 0.6 is 12.2 Å². The summed E-state index contributed by atoms with van der Waals surface area (Å²) in [5.74, 6) is 0.930. The summed E-state index contributed by atoms with van der Waals surface area (Å²) in [4.78, 5) is 14.8. The van der Waals surface area contributed by atoms with Gasteiger partial charge in [-0.15, -0.1) is 0 Å². The minimum atomic E-state index is 0.132. The standard InChI is InChI=1S/C27H31N5O2S/c1-19-16-25-29-31(27(35)32(25)24-17-22(34-2)9-10-23(19)24)18-30-14-12-21(13-15-30)28-26(33)11-8-20-6-4-3-5-7-20/h3-7,9-10,16-17,21H,8,11-15,18H2,1-2H3,(H,28,33). The van der Waals surface area contributed by atoms with E-state index in [1.165, 1.54) is 5.56 Å². The van der Waals surface area contributed by atoms with Gasteiger partial charge in [0.1, 0.15) is 5.75 Å². The van der Waals surface area contributed by atoms with Crippen LogP contribution in [0.5, 0.6) is 5.75 Å². The average Bonchev–Trinajstić information content (AvgIpc) is 3.19. The highest BCUT2D eigenvalue weighted by Crippen LogP contribution is 2.26. The zero-order chi connectivity index (χ0) is 24.4. The molecule has 1 fully saturated rings. The maximum absolute atomic E-state index is 12.4. The number of hydrogen-bond acceptors (Lipinski definition) is 5. The molecule has 1 N–H and O–H groups in total. The third-order valence-electron chi connectivity index (χ3n) is 6.85. The molecule has 5 rings (SSSR count). The molecule has 3 heterocycles. The number of aromatic nitrogens is 3. The fraction of sp³-hybridized carbons (Fsp3) is 0.370. The van der Waals surface area contributed by atoms with Gasteiger partial charge in [-0.2, -0.15) is 5.10 Å². The summed E-state index contributed by atoms with van der Waals surface area (Å²) in [6.07, 6.45) is 3.16. The summed E-state index contributed by atoms with van der Waals surface area (Å²) in [5.41, 5.74) is 4.20. The number of nitrogens with one attached hydrogen (secondary N) is 1. The molecule has 182 valence electrons. The lowest BCUT2D eigenvalue weighted by molar-refractivity contribution is -0.122. The first kappa shape index (κ1) is 23.5. The molecule has 1 saturated heterocycles. The van der Waals surface area contributed by atoms with Crippen molar-refractivity contribution in [3.63, 3.8) is 0 Å². The second kappa shape index (κ2) is 10.2. The Bertz CT molecular complexity index is 1400. The van der Waals surface area contributed by atoms with Gasteiger partial charge in [-0.05, 0) is 67.7 Å². The zero-order valence-electron chi connectivity index (χ0n) is 20.2. The van der Waals surface area contributed by atoms with Crippen molar-refractivity contribution in [1.82, 2.24) is 24.4 Å². The molecular weight excluding hydrogens is 458 g/mol. The monoisotopic (exact) mass is 489 g/mol. The molecule has 0 saturated carbocycles. The first-order chi connectivity index (χ1) is 17.0.